The van der Waals surface area contributed by atoms with Gasteiger partial charge < -0.3 is 14.7 Å². The number of amides is 1. The van der Waals surface area contributed by atoms with Gasteiger partial charge in [0.1, 0.15) is 5.75 Å². The van der Waals surface area contributed by atoms with Gasteiger partial charge in [0.15, 0.2) is 0 Å². The summed E-state index contributed by atoms with van der Waals surface area (Å²) in [6, 6.07) is 7.21. The number of anilines is 1. The van der Waals surface area contributed by atoms with Crippen molar-refractivity contribution >= 4 is 17.6 Å². The highest BCUT2D eigenvalue weighted by atomic mass is 16.5. The topological polar surface area (TPSA) is 66.8 Å². The third kappa shape index (κ3) is 3.29. The number of carbonyl (C=O) groups excluding carboxylic acids is 1. The minimum absolute atomic E-state index is 0.0735. The molecule has 5 heteroatoms. The summed E-state index contributed by atoms with van der Waals surface area (Å²) < 4.78 is 5.55. The molecule has 0 spiro atoms. The maximum absolute atomic E-state index is 11.8. The Morgan fingerprint density at radius 1 is 1.40 bits per heavy atom. The third-order valence-electron chi connectivity index (χ3n) is 3.39. The smallest absolute Gasteiger partial charge is 0.308 e. The first-order valence-corrected chi connectivity index (χ1v) is 6.88. The van der Waals surface area contributed by atoms with E-state index in [1.54, 1.807) is 12.1 Å². The van der Waals surface area contributed by atoms with Crippen LogP contribution in [-0.2, 0) is 9.59 Å². The Kier molecular flexibility index (Phi) is 4.61. The van der Waals surface area contributed by atoms with Crippen molar-refractivity contribution in [1.29, 1.82) is 0 Å². The lowest BCUT2D eigenvalue weighted by molar-refractivity contribution is -0.141. The maximum atomic E-state index is 11.8. The second-order valence-electron chi connectivity index (χ2n) is 4.94. The molecule has 1 aromatic carbocycles. The number of nitrogens with zero attached hydrogens (tertiary/aromatic N) is 1. The fraction of sp³-hybridized carbons (Fsp3) is 0.467. The number of carbonyl (C=O) groups is 2. The van der Waals surface area contributed by atoms with Gasteiger partial charge in [-0.2, -0.15) is 0 Å². The zero-order chi connectivity index (χ0) is 14.5. The fourth-order valence-electron chi connectivity index (χ4n) is 2.18. The zero-order valence-electron chi connectivity index (χ0n) is 11.5. The van der Waals surface area contributed by atoms with Crippen LogP contribution >= 0.6 is 0 Å². The Labute approximate surface area is 118 Å². The first-order chi connectivity index (χ1) is 9.61. The van der Waals surface area contributed by atoms with E-state index in [9.17, 15) is 9.59 Å². The van der Waals surface area contributed by atoms with Gasteiger partial charge in [-0.15, -0.1) is 0 Å². The molecule has 0 aliphatic carbocycles. The van der Waals surface area contributed by atoms with Crippen molar-refractivity contribution in [2.45, 2.75) is 26.2 Å². The molecule has 108 valence electrons. The molecule has 1 saturated heterocycles. The number of rotatable bonds is 6. The second kappa shape index (κ2) is 6.41. The van der Waals surface area contributed by atoms with E-state index in [1.807, 2.05) is 12.1 Å². The summed E-state index contributed by atoms with van der Waals surface area (Å²) in [5.74, 6) is -0.899. The number of carboxylic acid groups (broad SMARTS) is 1. The van der Waals surface area contributed by atoms with Crippen molar-refractivity contribution in [2.75, 3.05) is 18.1 Å². The molecule has 1 atom stereocenters. The molecule has 0 unspecified atom stereocenters. The van der Waals surface area contributed by atoms with Crippen molar-refractivity contribution in [3.05, 3.63) is 24.3 Å². The SMILES string of the molecule is CCCCOc1ccc(N2C[C@H](C(=O)O)CC2=O)cc1. The van der Waals surface area contributed by atoms with Gasteiger partial charge in [-0.05, 0) is 30.7 Å². The van der Waals surface area contributed by atoms with Gasteiger partial charge in [-0.1, -0.05) is 13.3 Å². The molecule has 20 heavy (non-hydrogen) atoms. The quantitative estimate of drug-likeness (QED) is 0.810. The number of hydrogen-bond acceptors (Lipinski definition) is 3. The Bertz CT molecular complexity index is 483. The monoisotopic (exact) mass is 277 g/mol. The normalized spacial score (nSPS) is 18.4. The van der Waals surface area contributed by atoms with E-state index >= 15 is 0 Å². The van der Waals surface area contributed by atoms with Crippen LogP contribution < -0.4 is 9.64 Å². The summed E-state index contributed by atoms with van der Waals surface area (Å²) in [4.78, 5) is 24.3. The predicted molar refractivity (Wildman–Crippen MR) is 74.9 cm³/mol. The van der Waals surface area contributed by atoms with Crippen LogP contribution in [0.4, 0.5) is 5.69 Å². The van der Waals surface area contributed by atoms with Crippen LogP contribution in [-0.4, -0.2) is 30.1 Å². The van der Waals surface area contributed by atoms with E-state index in [2.05, 4.69) is 6.92 Å². The number of aliphatic carboxylic acids is 1. The molecule has 1 aromatic rings. The van der Waals surface area contributed by atoms with E-state index < -0.39 is 11.9 Å². The molecule has 0 saturated carbocycles. The standard InChI is InChI=1S/C15H19NO4/c1-2-3-8-20-13-6-4-12(5-7-13)16-10-11(15(18)19)9-14(16)17/h4-7,11H,2-3,8-10H2,1H3,(H,18,19)/t11-/m1/s1. The van der Waals surface area contributed by atoms with E-state index in [1.165, 1.54) is 4.90 Å². The van der Waals surface area contributed by atoms with Crippen molar-refractivity contribution in [3.8, 4) is 5.75 Å². The maximum Gasteiger partial charge on any atom is 0.308 e. The number of benzene rings is 1. The lowest BCUT2D eigenvalue weighted by atomic mass is 10.1. The van der Waals surface area contributed by atoms with E-state index in [-0.39, 0.29) is 18.9 Å². The van der Waals surface area contributed by atoms with Gasteiger partial charge in [0.25, 0.3) is 0 Å². The van der Waals surface area contributed by atoms with Crippen LogP contribution in [0.15, 0.2) is 24.3 Å². The van der Waals surface area contributed by atoms with E-state index in [4.69, 9.17) is 9.84 Å². The van der Waals surface area contributed by atoms with Gasteiger partial charge in [0.2, 0.25) is 5.91 Å². The molecular weight excluding hydrogens is 258 g/mol. The van der Waals surface area contributed by atoms with Crippen LogP contribution in [0.2, 0.25) is 0 Å². The summed E-state index contributed by atoms with van der Waals surface area (Å²) in [5.41, 5.74) is 0.724. The van der Waals surface area contributed by atoms with Gasteiger partial charge in [-0.3, -0.25) is 9.59 Å². The van der Waals surface area contributed by atoms with Crippen LogP contribution in [0.25, 0.3) is 0 Å². The molecule has 5 nitrogen and oxygen atoms in total. The number of unbranched alkanes of at least 4 members (excludes halogenated alkanes) is 1. The van der Waals surface area contributed by atoms with Crippen LogP contribution in [0.5, 0.6) is 5.75 Å². The molecule has 1 aliphatic heterocycles. The highest BCUT2D eigenvalue weighted by molar-refractivity contribution is 5.99. The number of carboxylic acids is 1. The molecule has 0 radical (unpaired) electrons. The molecule has 1 amide bonds. The van der Waals surface area contributed by atoms with Gasteiger partial charge in [0, 0.05) is 18.7 Å². The zero-order valence-corrected chi connectivity index (χ0v) is 11.5. The molecule has 0 bridgehead atoms. The van der Waals surface area contributed by atoms with Crippen molar-refractivity contribution < 1.29 is 19.4 Å². The first kappa shape index (κ1) is 14.4. The highest BCUT2D eigenvalue weighted by Gasteiger charge is 2.34. The Hall–Kier alpha value is -2.04. The van der Waals surface area contributed by atoms with Crippen LogP contribution in [0, 0.1) is 5.92 Å². The third-order valence-corrected chi connectivity index (χ3v) is 3.39. The second-order valence-corrected chi connectivity index (χ2v) is 4.94. The molecule has 0 aromatic heterocycles. The minimum Gasteiger partial charge on any atom is -0.494 e. The predicted octanol–water partition coefficient (Wildman–Crippen LogP) is 2.30. The van der Waals surface area contributed by atoms with Crippen molar-refractivity contribution in [2.24, 2.45) is 5.92 Å². The summed E-state index contributed by atoms with van der Waals surface area (Å²) >= 11 is 0. The van der Waals surface area contributed by atoms with Crippen LogP contribution in [0.3, 0.4) is 0 Å². The largest absolute Gasteiger partial charge is 0.494 e. The number of hydrogen-bond donors (Lipinski definition) is 1. The lowest BCUT2D eigenvalue weighted by Crippen LogP contribution is -2.25. The average Bonchev–Trinajstić information content (AvgIpc) is 2.82. The van der Waals surface area contributed by atoms with Crippen molar-refractivity contribution in [3.63, 3.8) is 0 Å². The van der Waals surface area contributed by atoms with E-state index in [0.717, 1.165) is 24.3 Å². The molecule has 1 aliphatic rings. The Balaban J connectivity index is 1.99. The van der Waals surface area contributed by atoms with Crippen molar-refractivity contribution in [1.82, 2.24) is 0 Å². The molecular formula is C15H19NO4. The van der Waals surface area contributed by atoms with Gasteiger partial charge in [-0.25, -0.2) is 0 Å². The first-order valence-electron chi connectivity index (χ1n) is 6.88. The van der Waals surface area contributed by atoms with Crippen LogP contribution in [0.1, 0.15) is 26.2 Å². The minimum atomic E-state index is -0.916. The average molecular weight is 277 g/mol. The molecule has 1 fully saturated rings. The highest BCUT2D eigenvalue weighted by Crippen LogP contribution is 2.26. The number of ether oxygens (including phenoxy) is 1. The summed E-state index contributed by atoms with van der Waals surface area (Å²) in [6.07, 6.45) is 2.16. The molecule has 1 N–H and O–H groups in total. The summed E-state index contributed by atoms with van der Waals surface area (Å²) in [7, 11) is 0. The van der Waals surface area contributed by atoms with Gasteiger partial charge >= 0.3 is 5.97 Å². The Morgan fingerprint density at radius 3 is 2.65 bits per heavy atom. The van der Waals surface area contributed by atoms with E-state index in [0.29, 0.717) is 6.61 Å². The molecule has 1 heterocycles. The summed E-state index contributed by atoms with van der Waals surface area (Å²) in [6.45, 7) is 3.02. The summed E-state index contributed by atoms with van der Waals surface area (Å²) in [5, 5.41) is 8.96. The lowest BCUT2D eigenvalue weighted by Gasteiger charge is -2.16. The Morgan fingerprint density at radius 2 is 2.10 bits per heavy atom. The fourth-order valence-corrected chi connectivity index (χ4v) is 2.18. The van der Waals surface area contributed by atoms with Gasteiger partial charge in [0.05, 0.1) is 12.5 Å². The molecule has 2 rings (SSSR count).